The summed E-state index contributed by atoms with van der Waals surface area (Å²) >= 11 is 0. The molecule has 4 heteroatoms. The third kappa shape index (κ3) is 4.05. The molecule has 0 spiro atoms. The van der Waals surface area contributed by atoms with E-state index >= 15 is 0 Å². The highest BCUT2D eigenvalue weighted by Gasteiger charge is 2.30. The molecule has 0 saturated carbocycles. The van der Waals surface area contributed by atoms with Crippen LogP contribution in [-0.4, -0.2) is 47.4 Å². The molecule has 1 saturated heterocycles. The van der Waals surface area contributed by atoms with E-state index in [1.54, 1.807) is 0 Å². The van der Waals surface area contributed by atoms with Crippen molar-refractivity contribution in [2.75, 3.05) is 26.2 Å². The zero-order valence-electron chi connectivity index (χ0n) is 12.9. The van der Waals surface area contributed by atoms with E-state index in [1.807, 2.05) is 36.9 Å². The maximum absolute atomic E-state index is 12.2. The highest BCUT2D eigenvalue weighted by Crippen LogP contribution is 2.16. The topological polar surface area (TPSA) is 47.3 Å². The van der Waals surface area contributed by atoms with Crippen LogP contribution in [0.25, 0.3) is 0 Å². The predicted octanol–water partition coefficient (Wildman–Crippen LogP) is 2.07. The fraction of sp³-hybridized carbons (Fsp3) is 0.529. The van der Waals surface area contributed by atoms with E-state index < -0.39 is 5.54 Å². The molecule has 1 aromatic carbocycles. The van der Waals surface area contributed by atoms with Gasteiger partial charge < -0.3 is 4.90 Å². The van der Waals surface area contributed by atoms with Crippen molar-refractivity contribution in [1.82, 2.24) is 9.80 Å². The van der Waals surface area contributed by atoms with Crippen LogP contribution >= 0.6 is 0 Å². The summed E-state index contributed by atoms with van der Waals surface area (Å²) in [4.78, 5) is 16.3. The first-order valence-corrected chi connectivity index (χ1v) is 7.51. The zero-order chi connectivity index (χ0) is 15.3. The van der Waals surface area contributed by atoms with Crippen LogP contribution in [0.3, 0.4) is 0 Å². The average Bonchev–Trinajstić information content (AvgIpc) is 2.53. The highest BCUT2D eigenvalue weighted by atomic mass is 16.2. The minimum atomic E-state index is -0.445. The maximum Gasteiger partial charge on any atom is 0.222 e. The van der Waals surface area contributed by atoms with Gasteiger partial charge >= 0.3 is 0 Å². The molecular formula is C17H23N3O. The minimum Gasteiger partial charge on any atom is -0.340 e. The van der Waals surface area contributed by atoms with Crippen molar-refractivity contribution in [1.29, 1.82) is 5.26 Å². The molecule has 1 aliphatic rings. The minimum absolute atomic E-state index is 0.216. The lowest BCUT2D eigenvalue weighted by Gasteiger charge is -2.40. The molecule has 2 rings (SSSR count). The van der Waals surface area contributed by atoms with Gasteiger partial charge in [-0.15, -0.1) is 0 Å². The van der Waals surface area contributed by atoms with Gasteiger partial charge in [-0.1, -0.05) is 30.3 Å². The van der Waals surface area contributed by atoms with E-state index in [0.29, 0.717) is 6.42 Å². The van der Waals surface area contributed by atoms with Gasteiger partial charge in [-0.3, -0.25) is 9.69 Å². The third-order valence-electron chi connectivity index (χ3n) is 4.17. The summed E-state index contributed by atoms with van der Waals surface area (Å²) < 4.78 is 0. The number of carbonyl (C=O) groups is 1. The fourth-order valence-electron chi connectivity index (χ4n) is 2.64. The van der Waals surface area contributed by atoms with E-state index in [9.17, 15) is 4.79 Å². The standard InChI is InChI=1S/C17H23N3O/c1-17(2,14-18)20-12-10-19(11-13-20)16(21)9-8-15-6-4-3-5-7-15/h3-7H,8-13H2,1-2H3. The number of nitrogens with zero attached hydrogens (tertiary/aromatic N) is 3. The van der Waals surface area contributed by atoms with Gasteiger partial charge in [0.1, 0.15) is 5.54 Å². The summed E-state index contributed by atoms with van der Waals surface area (Å²) in [6.45, 7) is 6.85. The molecule has 21 heavy (non-hydrogen) atoms. The SMILES string of the molecule is CC(C)(C#N)N1CCN(C(=O)CCc2ccccc2)CC1. The van der Waals surface area contributed by atoms with Crippen LogP contribution in [0.15, 0.2) is 30.3 Å². The number of aryl methyl sites for hydroxylation is 1. The number of hydrogen-bond donors (Lipinski definition) is 0. The fourth-order valence-corrected chi connectivity index (χ4v) is 2.64. The quantitative estimate of drug-likeness (QED) is 0.851. The largest absolute Gasteiger partial charge is 0.340 e. The van der Waals surface area contributed by atoms with Crippen molar-refractivity contribution in [2.24, 2.45) is 0 Å². The molecule has 0 unspecified atom stereocenters. The van der Waals surface area contributed by atoms with Crippen molar-refractivity contribution in [3.8, 4) is 6.07 Å². The van der Waals surface area contributed by atoms with Crippen LogP contribution in [0.2, 0.25) is 0 Å². The lowest BCUT2D eigenvalue weighted by Crippen LogP contribution is -2.55. The summed E-state index contributed by atoms with van der Waals surface area (Å²) in [5.74, 6) is 0.216. The highest BCUT2D eigenvalue weighted by molar-refractivity contribution is 5.76. The molecule has 112 valence electrons. The number of hydrogen-bond acceptors (Lipinski definition) is 3. The van der Waals surface area contributed by atoms with Crippen molar-refractivity contribution in [2.45, 2.75) is 32.2 Å². The van der Waals surface area contributed by atoms with Crippen molar-refractivity contribution >= 4 is 5.91 Å². The number of carbonyl (C=O) groups excluding carboxylic acids is 1. The zero-order valence-corrected chi connectivity index (χ0v) is 12.9. The summed E-state index contributed by atoms with van der Waals surface area (Å²) in [5.41, 5.74) is 0.759. The maximum atomic E-state index is 12.2. The van der Waals surface area contributed by atoms with Crippen LogP contribution in [-0.2, 0) is 11.2 Å². The van der Waals surface area contributed by atoms with Gasteiger partial charge in [-0.05, 0) is 25.8 Å². The summed E-state index contributed by atoms with van der Waals surface area (Å²) in [6, 6.07) is 12.4. The Morgan fingerprint density at radius 2 is 1.81 bits per heavy atom. The predicted molar refractivity (Wildman–Crippen MR) is 82.6 cm³/mol. The lowest BCUT2D eigenvalue weighted by atomic mass is 10.0. The average molecular weight is 285 g/mol. The molecule has 4 nitrogen and oxygen atoms in total. The molecule has 0 atom stereocenters. The molecule has 0 aliphatic carbocycles. The molecular weight excluding hydrogens is 262 g/mol. The Morgan fingerprint density at radius 3 is 2.38 bits per heavy atom. The number of benzene rings is 1. The molecule has 1 heterocycles. The van der Waals surface area contributed by atoms with E-state index in [2.05, 4.69) is 23.1 Å². The monoisotopic (exact) mass is 285 g/mol. The van der Waals surface area contributed by atoms with Crippen LogP contribution in [0, 0.1) is 11.3 Å². The molecule has 0 N–H and O–H groups in total. The van der Waals surface area contributed by atoms with Crippen LogP contribution in [0.5, 0.6) is 0 Å². The molecule has 1 fully saturated rings. The van der Waals surface area contributed by atoms with Gasteiger partial charge in [0.2, 0.25) is 5.91 Å². The Balaban J connectivity index is 1.80. The molecule has 0 radical (unpaired) electrons. The molecule has 0 aromatic heterocycles. The molecule has 1 aromatic rings. The second-order valence-electron chi connectivity index (χ2n) is 6.02. The Kier molecular flexibility index (Phi) is 4.98. The van der Waals surface area contributed by atoms with Gasteiger partial charge in [-0.2, -0.15) is 5.26 Å². The van der Waals surface area contributed by atoms with Crippen molar-refractivity contribution < 1.29 is 4.79 Å². The van der Waals surface area contributed by atoms with Gasteiger partial charge in [-0.25, -0.2) is 0 Å². The van der Waals surface area contributed by atoms with Gasteiger partial charge in [0.25, 0.3) is 0 Å². The van der Waals surface area contributed by atoms with Crippen LogP contribution < -0.4 is 0 Å². The van der Waals surface area contributed by atoms with Crippen LogP contribution in [0.1, 0.15) is 25.8 Å². The van der Waals surface area contributed by atoms with Crippen LogP contribution in [0.4, 0.5) is 0 Å². The van der Waals surface area contributed by atoms with E-state index in [-0.39, 0.29) is 5.91 Å². The number of rotatable bonds is 4. The number of nitriles is 1. The van der Waals surface area contributed by atoms with Gasteiger partial charge in [0.15, 0.2) is 0 Å². The first-order valence-electron chi connectivity index (χ1n) is 7.51. The molecule has 1 aliphatic heterocycles. The Morgan fingerprint density at radius 1 is 1.19 bits per heavy atom. The third-order valence-corrected chi connectivity index (χ3v) is 4.17. The van der Waals surface area contributed by atoms with Crippen molar-refractivity contribution in [3.63, 3.8) is 0 Å². The van der Waals surface area contributed by atoms with Gasteiger partial charge in [0.05, 0.1) is 6.07 Å². The first-order chi connectivity index (χ1) is 10.0. The number of amides is 1. The second-order valence-corrected chi connectivity index (χ2v) is 6.02. The molecule has 0 bridgehead atoms. The Bertz CT molecular complexity index is 511. The summed E-state index contributed by atoms with van der Waals surface area (Å²) in [6.07, 6.45) is 1.36. The Hall–Kier alpha value is -1.86. The second kappa shape index (κ2) is 6.73. The smallest absolute Gasteiger partial charge is 0.222 e. The van der Waals surface area contributed by atoms with E-state index in [0.717, 1.165) is 32.6 Å². The normalized spacial score (nSPS) is 16.5. The summed E-state index contributed by atoms with van der Waals surface area (Å²) in [7, 11) is 0. The van der Waals surface area contributed by atoms with E-state index in [4.69, 9.17) is 5.26 Å². The lowest BCUT2D eigenvalue weighted by molar-refractivity contribution is -0.133. The van der Waals surface area contributed by atoms with Gasteiger partial charge in [0, 0.05) is 32.6 Å². The van der Waals surface area contributed by atoms with E-state index in [1.165, 1.54) is 5.56 Å². The Labute approximate surface area is 127 Å². The van der Waals surface area contributed by atoms with Crippen molar-refractivity contribution in [3.05, 3.63) is 35.9 Å². The summed E-state index contributed by atoms with van der Waals surface area (Å²) in [5, 5.41) is 9.16. The first kappa shape index (κ1) is 15.5. The number of piperazine rings is 1. The molecule has 1 amide bonds.